The van der Waals surface area contributed by atoms with Crippen molar-refractivity contribution >= 4 is 15.9 Å². The predicted molar refractivity (Wildman–Crippen MR) is 79.2 cm³/mol. The van der Waals surface area contributed by atoms with Crippen molar-refractivity contribution in [3.63, 3.8) is 0 Å². The van der Waals surface area contributed by atoms with Gasteiger partial charge in [-0.1, -0.05) is 48.8 Å². The van der Waals surface area contributed by atoms with Crippen molar-refractivity contribution in [2.45, 2.75) is 46.6 Å². The lowest BCUT2D eigenvalue weighted by Crippen LogP contribution is -2.21. The van der Waals surface area contributed by atoms with Crippen LogP contribution in [-0.4, -0.2) is 6.54 Å². The Morgan fingerprint density at radius 2 is 1.76 bits per heavy atom. The van der Waals surface area contributed by atoms with E-state index in [1.165, 1.54) is 18.4 Å². The average Bonchev–Trinajstić information content (AvgIpc) is 2.24. The van der Waals surface area contributed by atoms with Crippen LogP contribution < -0.4 is 5.32 Å². The van der Waals surface area contributed by atoms with Gasteiger partial charge in [0.1, 0.15) is 0 Å². The summed E-state index contributed by atoms with van der Waals surface area (Å²) in [5.41, 5.74) is 1.80. The third kappa shape index (κ3) is 6.23. The fraction of sp³-hybridized carbons (Fsp3) is 0.600. The van der Waals surface area contributed by atoms with Gasteiger partial charge in [-0.25, -0.2) is 0 Å². The minimum Gasteiger partial charge on any atom is -0.310 e. The number of hydrogen-bond acceptors (Lipinski definition) is 1. The lowest BCUT2D eigenvalue weighted by Gasteiger charge is -2.19. The molecule has 0 fully saturated rings. The molecule has 0 bridgehead atoms. The van der Waals surface area contributed by atoms with Crippen LogP contribution in [0.1, 0.15) is 52.1 Å². The molecular weight excluding hydrogens is 274 g/mol. The molecule has 0 saturated heterocycles. The zero-order chi connectivity index (χ0) is 12.9. The third-order valence-corrected chi connectivity index (χ3v) is 3.45. The van der Waals surface area contributed by atoms with Gasteiger partial charge in [0.15, 0.2) is 0 Å². The Morgan fingerprint density at radius 1 is 1.18 bits per heavy atom. The first kappa shape index (κ1) is 14.7. The summed E-state index contributed by atoms with van der Waals surface area (Å²) in [5.74, 6) is 0. The van der Waals surface area contributed by atoms with Crippen LogP contribution in [0.3, 0.4) is 0 Å². The van der Waals surface area contributed by atoms with Crippen molar-refractivity contribution in [1.29, 1.82) is 0 Å². The van der Waals surface area contributed by atoms with Crippen LogP contribution in [0.2, 0.25) is 0 Å². The van der Waals surface area contributed by atoms with Crippen LogP contribution >= 0.6 is 15.9 Å². The van der Waals surface area contributed by atoms with Gasteiger partial charge < -0.3 is 5.32 Å². The van der Waals surface area contributed by atoms with Gasteiger partial charge in [0.2, 0.25) is 0 Å². The van der Waals surface area contributed by atoms with E-state index in [2.05, 4.69) is 73.2 Å². The van der Waals surface area contributed by atoms with Crippen LogP contribution in [-0.2, 0) is 0 Å². The summed E-state index contributed by atoms with van der Waals surface area (Å²) in [6.07, 6.45) is 2.51. The van der Waals surface area contributed by atoms with Gasteiger partial charge in [0.25, 0.3) is 0 Å². The SMILES string of the molecule is CC(NCCCC(C)(C)C)c1ccc(Br)cc1. The second-order valence-corrected chi connectivity index (χ2v) is 6.81. The van der Waals surface area contributed by atoms with Crippen LogP contribution in [0.25, 0.3) is 0 Å². The molecule has 0 spiro atoms. The number of benzene rings is 1. The molecule has 17 heavy (non-hydrogen) atoms. The molecule has 0 aromatic heterocycles. The highest BCUT2D eigenvalue weighted by molar-refractivity contribution is 9.10. The van der Waals surface area contributed by atoms with Crippen LogP contribution in [0.4, 0.5) is 0 Å². The Balaban J connectivity index is 2.30. The van der Waals surface area contributed by atoms with Crippen molar-refractivity contribution in [2.75, 3.05) is 6.54 Å². The monoisotopic (exact) mass is 297 g/mol. The minimum atomic E-state index is 0.433. The molecule has 1 unspecified atom stereocenters. The average molecular weight is 298 g/mol. The minimum absolute atomic E-state index is 0.433. The highest BCUT2D eigenvalue weighted by Crippen LogP contribution is 2.20. The lowest BCUT2D eigenvalue weighted by atomic mass is 9.90. The Hall–Kier alpha value is -0.340. The number of nitrogens with one attached hydrogen (secondary N) is 1. The molecule has 1 aromatic carbocycles. The van der Waals surface area contributed by atoms with Crippen molar-refractivity contribution in [2.24, 2.45) is 5.41 Å². The molecule has 0 amide bonds. The third-order valence-electron chi connectivity index (χ3n) is 2.92. The van der Waals surface area contributed by atoms with Crippen molar-refractivity contribution in [1.82, 2.24) is 5.32 Å². The zero-order valence-electron chi connectivity index (χ0n) is 11.4. The Bertz CT molecular complexity index is 324. The standard InChI is InChI=1S/C15H24BrN/c1-12(13-6-8-14(16)9-7-13)17-11-5-10-15(2,3)4/h6-9,12,17H,5,10-11H2,1-4H3. The summed E-state index contributed by atoms with van der Waals surface area (Å²) in [7, 11) is 0. The maximum Gasteiger partial charge on any atom is 0.0291 e. The zero-order valence-corrected chi connectivity index (χ0v) is 13.0. The van der Waals surface area contributed by atoms with Gasteiger partial charge in [0.05, 0.1) is 0 Å². The fourth-order valence-corrected chi connectivity index (χ4v) is 2.07. The highest BCUT2D eigenvalue weighted by atomic mass is 79.9. The molecule has 2 heteroatoms. The first-order valence-corrected chi connectivity index (χ1v) is 7.17. The summed E-state index contributed by atoms with van der Waals surface area (Å²) < 4.78 is 1.14. The van der Waals surface area contributed by atoms with E-state index < -0.39 is 0 Å². The largest absolute Gasteiger partial charge is 0.310 e. The molecule has 96 valence electrons. The molecule has 1 nitrogen and oxygen atoms in total. The molecule has 0 radical (unpaired) electrons. The molecule has 0 heterocycles. The first-order valence-electron chi connectivity index (χ1n) is 6.37. The number of hydrogen-bond donors (Lipinski definition) is 1. The van der Waals surface area contributed by atoms with Gasteiger partial charge in [-0.05, 0) is 49.4 Å². The van der Waals surface area contributed by atoms with E-state index in [0.29, 0.717) is 11.5 Å². The molecule has 1 aromatic rings. The summed E-state index contributed by atoms with van der Waals surface area (Å²) >= 11 is 3.46. The summed E-state index contributed by atoms with van der Waals surface area (Å²) in [4.78, 5) is 0. The summed E-state index contributed by atoms with van der Waals surface area (Å²) in [6.45, 7) is 10.2. The van der Waals surface area contributed by atoms with Gasteiger partial charge in [0, 0.05) is 10.5 Å². The molecule has 1 rings (SSSR count). The smallest absolute Gasteiger partial charge is 0.0291 e. The molecule has 0 saturated carbocycles. The van der Waals surface area contributed by atoms with E-state index in [9.17, 15) is 0 Å². The van der Waals surface area contributed by atoms with Crippen LogP contribution in [0, 0.1) is 5.41 Å². The summed E-state index contributed by atoms with van der Waals surface area (Å²) in [5, 5.41) is 3.58. The normalized spacial score (nSPS) is 13.7. The summed E-state index contributed by atoms with van der Waals surface area (Å²) in [6, 6.07) is 8.98. The Kier molecular flexibility index (Phi) is 5.68. The number of rotatable bonds is 5. The van der Waals surface area contributed by atoms with E-state index in [1.807, 2.05) is 0 Å². The number of halogens is 1. The maximum absolute atomic E-state index is 3.58. The van der Waals surface area contributed by atoms with Gasteiger partial charge in [-0.3, -0.25) is 0 Å². The molecule has 1 atom stereocenters. The highest BCUT2D eigenvalue weighted by Gasteiger charge is 2.10. The molecular formula is C15H24BrN. The van der Waals surface area contributed by atoms with Gasteiger partial charge >= 0.3 is 0 Å². The molecule has 0 aliphatic heterocycles. The fourth-order valence-electron chi connectivity index (χ4n) is 1.81. The van der Waals surface area contributed by atoms with Gasteiger partial charge in [-0.15, -0.1) is 0 Å². The Morgan fingerprint density at radius 3 is 2.29 bits per heavy atom. The van der Waals surface area contributed by atoms with Crippen LogP contribution in [0.15, 0.2) is 28.7 Å². The second-order valence-electron chi connectivity index (χ2n) is 5.89. The van der Waals surface area contributed by atoms with Crippen molar-refractivity contribution in [3.05, 3.63) is 34.3 Å². The predicted octanol–water partition coefficient (Wildman–Crippen LogP) is 4.93. The van der Waals surface area contributed by atoms with E-state index in [4.69, 9.17) is 0 Å². The quantitative estimate of drug-likeness (QED) is 0.760. The molecule has 0 aliphatic rings. The Labute approximate surface area is 114 Å². The second kappa shape index (κ2) is 6.55. The van der Waals surface area contributed by atoms with Crippen LogP contribution in [0.5, 0.6) is 0 Å². The molecule has 0 aliphatic carbocycles. The molecule has 1 N–H and O–H groups in total. The first-order chi connectivity index (χ1) is 7.88. The lowest BCUT2D eigenvalue weighted by molar-refractivity contribution is 0.357. The topological polar surface area (TPSA) is 12.0 Å². The van der Waals surface area contributed by atoms with E-state index in [0.717, 1.165) is 11.0 Å². The maximum atomic E-state index is 3.58. The van der Waals surface area contributed by atoms with E-state index >= 15 is 0 Å². The van der Waals surface area contributed by atoms with E-state index in [-0.39, 0.29) is 0 Å². The van der Waals surface area contributed by atoms with E-state index in [1.54, 1.807) is 0 Å². The van der Waals surface area contributed by atoms with Gasteiger partial charge in [-0.2, -0.15) is 0 Å². The van der Waals surface area contributed by atoms with Crippen molar-refractivity contribution < 1.29 is 0 Å². The van der Waals surface area contributed by atoms with Crippen molar-refractivity contribution in [3.8, 4) is 0 Å².